The van der Waals surface area contributed by atoms with Crippen molar-refractivity contribution in [3.63, 3.8) is 0 Å². The Morgan fingerprint density at radius 2 is 1.69 bits per heavy atom. The lowest BCUT2D eigenvalue weighted by molar-refractivity contribution is -0.136. The van der Waals surface area contributed by atoms with E-state index >= 15 is 0 Å². The molecule has 1 saturated heterocycles. The molecule has 1 heterocycles. The Bertz CT molecular complexity index is 304. The predicted octanol–water partition coefficient (Wildman–Crippen LogP) is 0.227. The monoisotopic (exact) mass is 226 g/mol. The van der Waals surface area contributed by atoms with Crippen molar-refractivity contribution in [2.24, 2.45) is 0 Å². The van der Waals surface area contributed by atoms with Gasteiger partial charge in [-0.05, 0) is 14.0 Å². The molecule has 1 fully saturated rings. The topological polar surface area (TPSA) is 49.9 Å². The molecular weight excluding hydrogens is 208 g/mol. The molecule has 0 aromatic rings. The number of hydrogen-bond donors (Lipinski definition) is 0. The summed E-state index contributed by atoms with van der Waals surface area (Å²) in [5.74, 6) is -0.150. The quantitative estimate of drug-likeness (QED) is 0.384. The van der Waals surface area contributed by atoms with Gasteiger partial charge in [0, 0.05) is 39.2 Å². The Kier molecular flexibility index (Phi) is 4.49. The molecule has 90 valence electrons. The molecule has 5 nitrogen and oxygen atoms in total. The van der Waals surface area contributed by atoms with E-state index in [4.69, 9.17) is 4.74 Å². The molecule has 0 atom stereocenters. The lowest BCUT2D eigenvalue weighted by Gasteiger charge is -2.31. The minimum Gasteiger partial charge on any atom is -0.431 e. The summed E-state index contributed by atoms with van der Waals surface area (Å²) < 4.78 is 4.80. The molecule has 1 rings (SSSR count). The Morgan fingerprint density at radius 3 is 2.19 bits per heavy atom. The summed E-state index contributed by atoms with van der Waals surface area (Å²) in [6.07, 6.45) is 1.37. The Balaban J connectivity index is 2.48. The van der Waals surface area contributed by atoms with Crippen LogP contribution in [0.25, 0.3) is 0 Å². The van der Waals surface area contributed by atoms with Gasteiger partial charge in [0.05, 0.1) is 0 Å². The molecule has 0 aromatic carbocycles. The van der Waals surface area contributed by atoms with E-state index in [1.54, 1.807) is 11.8 Å². The van der Waals surface area contributed by atoms with E-state index in [1.807, 2.05) is 7.05 Å². The molecule has 1 aliphatic rings. The van der Waals surface area contributed by atoms with Crippen LogP contribution in [0.4, 0.5) is 0 Å². The van der Waals surface area contributed by atoms with Crippen molar-refractivity contribution in [3.05, 3.63) is 11.8 Å². The van der Waals surface area contributed by atoms with Crippen LogP contribution in [0, 0.1) is 0 Å². The normalized spacial score (nSPS) is 18.4. The number of nitrogens with zero attached hydrogens (tertiary/aromatic N) is 2. The van der Waals surface area contributed by atoms with E-state index in [2.05, 4.69) is 4.90 Å². The van der Waals surface area contributed by atoms with Crippen molar-refractivity contribution >= 4 is 11.9 Å². The zero-order valence-corrected chi connectivity index (χ0v) is 10.0. The molecule has 0 bridgehead atoms. The van der Waals surface area contributed by atoms with Crippen LogP contribution in [-0.4, -0.2) is 54.9 Å². The van der Waals surface area contributed by atoms with Crippen molar-refractivity contribution in [2.75, 3.05) is 33.2 Å². The van der Waals surface area contributed by atoms with Crippen LogP contribution in [0.5, 0.6) is 0 Å². The maximum Gasteiger partial charge on any atom is 0.307 e. The van der Waals surface area contributed by atoms with Gasteiger partial charge in [-0.25, -0.2) is 0 Å². The lowest BCUT2D eigenvalue weighted by Crippen LogP contribution is -2.46. The second-order valence-electron chi connectivity index (χ2n) is 3.98. The summed E-state index contributed by atoms with van der Waals surface area (Å²) in [7, 11) is 2.03. The van der Waals surface area contributed by atoms with Crippen LogP contribution in [0.15, 0.2) is 11.8 Å². The smallest absolute Gasteiger partial charge is 0.307 e. The maximum absolute atomic E-state index is 11.7. The molecule has 16 heavy (non-hydrogen) atoms. The van der Waals surface area contributed by atoms with Gasteiger partial charge in [-0.15, -0.1) is 0 Å². The summed E-state index contributed by atoms with van der Waals surface area (Å²) in [5.41, 5.74) is 0. The van der Waals surface area contributed by atoms with Gasteiger partial charge in [0.25, 0.3) is 0 Å². The molecule has 0 saturated carbocycles. The van der Waals surface area contributed by atoms with Gasteiger partial charge < -0.3 is 14.5 Å². The summed E-state index contributed by atoms with van der Waals surface area (Å²) in [5, 5.41) is 0. The molecule has 0 aromatic heterocycles. The molecule has 0 aliphatic carbocycles. The fraction of sp³-hybridized carbons (Fsp3) is 0.636. The van der Waals surface area contributed by atoms with Crippen molar-refractivity contribution < 1.29 is 14.3 Å². The summed E-state index contributed by atoms with van der Waals surface area (Å²) in [6, 6.07) is 0. The summed E-state index contributed by atoms with van der Waals surface area (Å²) in [6.45, 7) is 6.13. The van der Waals surface area contributed by atoms with Gasteiger partial charge in [0.15, 0.2) is 0 Å². The highest BCUT2D eigenvalue weighted by molar-refractivity contribution is 5.88. The lowest BCUT2D eigenvalue weighted by atomic mass is 10.3. The standard InChI is InChI=1S/C11H18N2O3/c1-9(16-10(2)14)8-11(15)13-6-4-12(3)5-7-13/h8H,4-7H2,1-3H3/b9-8+. The van der Waals surface area contributed by atoms with Gasteiger partial charge in [-0.1, -0.05) is 0 Å². The third kappa shape index (κ3) is 4.02. The number of ether oxygens (including phenoxy) is 1. The third-order valence-electron chi connectivity index (χ3n) is 2.45. The Hall–Kier alpha value is -1.36. The van der Waals surface area contributed by atoms with Gasteiger partial charge in [-0.2, -0.15) is 0 Å². The highest BCUT2D eigenvalue weighted by Gasteiger charge is 2.17. The van der Waals surface area contributed by atoms with Crippen LogP contribution in [0.2, 0.25) is 0 Å². The number of piperazine rings is 1. The van der Waals surface area contributed by atoms with E-state index in [1.165, 1.54) is 13.0 Å². The zero-order chi connectivity index (χ0) is 12.1. The number of rotatable bonds is 2. The van der Waals surface area contributed by atoms with Gasteiger partial charge >= 0.3 is 5.97 Å². The second-order valence-corrected chi connectivity index (χ2v) is 3.98. The van der Waals surface area contributed by atoms with Crippen LogP contribution in [0.3, 0.4) is 0 Å². The molecule has 0 unspecified atom stereocenters. The molecule has 1 amide bonds. The van der Waals surface area contributed by atoms with E-state index in [9.17, 15) is 9.59 Å². The van der Waals surface area contributed by atoms with Crippen LogP contribution in [0.1, 0.15) is 13.8 Å². The average Bonchev–Trinajstić information content (AvgIpc) is 2.16. The number of esters is 1. The number of likely N-dealkylation sites (N-methyl/N-ethyl adjacent to an activating group) is 1. The fourth-order valence-electron chi connectivity index (χ4n) is 1.55. The van der Waals surface area contributed by atoms with Crippen molar-refractivity contribution in [1.29, 1.82) is 0 Å². The zero-order valence-electron chi connectivity index (χ0n) is 10.0. The molecule has 1 aliphatic heterocycles. The van der Waals surface area contributed by atoms with E-state index in [0.717, 1.165) is 26.2 Å². The molecule has 0 radical (unpaired) electrons. The van der Waals surface area contributed by atoms with Gasteiger partial charge in [0.1, 0.15) is 5.76 Å². The van der Waals surface area contributed by atoms with Gasteiger partial charge in [0.2, 0.25) is 5.91 Å². The first-order valence-electron chi connectivity index (χ1n) is 5.33. The number of carbonyl (C=O) groups excluding carboxylic acids is 2. The first-order valence-corrected chi connectivity index (χ1v) is 5.33. The Labute approximate surface area is 95.6 Å². The first-order chi connectivity index (χ1) is 7.49. The average molecular weight is 226 g/mol. The van der Waals surface area contributed by atoms with Crippen molar-refractivity contribution in [2.45, 2.75) is 13.8 Å². The number of allylic oxidation sites excluding steroid dienone is 1. The van der Waals surface area contributed by atoms with Crippen LogP contribution >= 0.6 is 0 Å². The minimum absolute atomic E-state index is 0.0909. The van der Waals surface area contributed by atoms with E-state index in [0.29, 0.717) is 5.76 Å². The van der Waals surface area contributed by atoms with Crippen molar-refractivity contribution in [1.82, 2.24) is 9.80 Å². The molecule has 5 heteroatoms. The highest BCUT2D eigenvalue weighted by atomic mass is 16.5. The van der Waals surface area contributed by atoms with E-state index in [-0.39, 0.29) is 5.91 Å². The minimum atomic E-state index is -0.403. The van der Waals surface area contributed by atoms with Crippen LogP contribution < -0.4 is 0 Å². The van der Waals surface area contributed by atoms with E-state index < -0.39 is 5.97 Å². The fourth-order valence-corrected chi connectivity index (χ4v) is 1.55. The summed E-state index contributed by atoms with van der Waals surface area (Å²) in [4.78, 5) is 26.3. The predicted molar refractivity (Wildman–Crippen MR) is 59.6 cm³/mol. The van der Waals surface area contributed by atoms with Gasteiger partial charge in [-0.3, -0.25) is 9.59 Å². The summed E-state index contributed by atoms with van der Waals surface area (Å²) >= 11 is 0. The molecule has 0 N–H and O–H groups in total. The first kappa shape index (κ1) is 12.7. The maximum atomic E-state index is 11.7. The third-order valence-corrected chi connectivity index (χ3v) is 2.45. The molecular formula is C11H18N2O3. The number of amides is 1. The largest absolute Gasteiger partial charge is 0.431 e. The molecule has 0 spiro atoms. The highest BCUT2D eigenvalue weighted by Crippen LogP contribution is 2.03. The number of carbonyl (C=O) groups is 2. The van der Waals surface area contributed by atoms with Crippen LogP contribution in [-0.2, 0) is 14.3 Å². The number of hydrogen-bond acceptors (Lipinski definition) is 4. The Morgan fingerprint density at radius 1 is 1.12 bits per heavy atom. The van der Waals surface area contributed by atoms with Crippen molar-refractivity contribution in [3.8, 4) is 0 Å². The second kappa shape index (κ2) is 5.65. The SMILES string of the molecule is CC(=O)O/C(C)=C/C(=O)N1CCN(C)CC1.